The number of carbonyl (C=O) groups excluding carboxylic acids is 1. The molecule has 0 N–H and O–H groups in total. The Balaban J connectivity index is 1.41. The van der Waals surface area contributed by atoms with E-state index >= 15 is 0 Å². The molecule has 0 aromatic carbocycles. The van der Waals surface area contributed by atoms with Crippen molar-refractivity contribution in [3.05, 3.63) is 0 Å². The number of carbonyl (C=O) groups is 1. The second-order valence-electron chi connectivity index (χ2n) is 6.05. The average molecular weight is 236 g/mol. The Morgan fingerprint density at radius 2 is 1.59 bits per heavy atom. The van der Waals surface area contributed by atoms with Crippen molar-refractivity contribution in [2.24, 2.45) is 11.8 Å². The van der Waals surface area contributed by atoms with Gasteiger partial charge in [-0.05, 0) is 57.5 Å². The highest BCUT2D eigenvalue weighted by Gasteiger charge is 2.35. The zero-order valence-electron chi connectivity index (χ0n) is 10.7. The Hall–Kier alpha value is -0.570. The fraction of sp³-hybridized carbons (Fsp3) is 0.929. The molecule has 2 heterocycles. The zero-order chi connectivity index (χ0) is 11.7. The Kier molecular flexibility index (Phi) is 3.37. The summed E-state index contributed by atoms with van der Waals surface area (Å²) in [5, 5.41) is 0. The van der Waals surface area contributed by atoms with Crippen molar-refractivity contribution in [3.8, 4) is 0 Å². The first-order valence-electron chi connectivity index (χ1n) is 7.34. The molecule has 0 bridgehead atoms. The molecule has 3 aliphatic rings. The van der Waals surface area contributed by atoms with Crippen LogP contribution in [-0.2, 0) is 4.79 Å². The third-order valence-corrected chi connectivity index (χ3v) is 4.57. The fourth-order valence-electron chi connectivity index (χ4n) is 3.25. The summed E-state index contributed by atoms with van der Waals surface area (Å²) < 4.78 is 0. The largest absolute Gasteiger partial charge is 0.342 e. The molecule has 2 aliphatic heterocycles. The van der Waals surface area contributed by atoms with Crippen LogP contribution in [0.5, 0.6) is 0 Å². The molecule has 96 valence electrons. The molecule has 0 spiro atoms. The molecule has 3 heteroatoms. The first kappa shape index (κ1) is 11.5. The van der Waals surface area contributed by atoms with Gasteiger partial charge >= 0.3 is 0 Å². The van der Waals surface area contributed by atoms with Crippen molar-refractivity contribution in [3.63, 3.8) is 0 Å². The molecule has 0 unspecified atom stereocenters. The predicted octanol–water partition coefficient (Wildman–Crippen LogP) is 1.73. The molecular weight excluding hydrogens is 212 g/mol. The van der Waals surface area contributed by atoms with Gasteiger partial charge in [-0.1, -0.05) is 0 Å². The topological polar surface area (TPSA) is 23.6 Å². The van der Waals surface area contributed by atoms with Gasteiger partial charge < -0.3 is 9.80 Å². The highest BCUT2D eigenvalue weighted by Crippen LogP contribution is 2.32. The first-order chi connectivity index (χ1) is 8.33. The van der Waals surface area contributed by atoms with E-state index in [1.54, 1.807) is 0 Å². The zero-order valence-corrected chi connectivity index (χ0v) is 10.7. The molecule has 1 aliphatic carbocycles. The summed E-state index contributed by atoms with van der Waals surface area (Å²) >= 11 is 0. The van der Waals surface area contributed by atoms with E-state index in [1.807, 2.05) is 0 Å². The number of hydrogen-bond acceptors (Lipinski definition) is 2. The van der Waals surface area contributed by atoms with Crippen LogP contribution in [0.4, 0.5) is 0 Å². The summed E-state index contributed by atoms with van der Waals surface area (Å²) in [6, 6.07) is 0. The monoisotopic (exact) mass is 236 g/mol. The lowest BCUT2D eigenvalue weighted by molar-refractivity contribution is -0.134. The minimum absolute atomic E-state index is 0.408. The Morgan fingerprint density at radius 1 is 0.941 bits per heavy atom. The van der Waals surface area contributed by atoms with E-state index in [2.05, 4.69) is 9.80 Å². The maximum Gasteiger partial charge on any atom is 0.225 e. The lowest BCUT2D eigenvalue weighted by Gasteiger charge is -2.34. The van der Waals surface area contributed by atoms with Crippen LogP contribution in [0.2, 0.25) is 0 Å². The summed E-state index contributed by atoms with van der Waals surface area (Å²) in [5.74, 6) is 1.70. The normalized spacial score (nSPS) is 27.6. The highest BCUT2D eigenvalue weighted by atomic mass is 16.2. The van der Waals surface area contributed by atoms with E-state index in [0.29, 0.717) is 11.8 Å². The third-order valence-electron chi connectivity index (χ3n) is 4.57. The molecule has 0 atom stereocenters. The van der Waals surface area contributed by atoms with Gasteiger partial charge in [0.1, 0.15) is 0 Å². The van der Waals surface area contributed by atoms with E-state index in [-0.39, 0.29) is 0 Å². The van der Waals surface area contributed by atoms with Crippen LogP contribution in [0.15, 0.2) is 0 Å². The third kappa shape index (κ3) is 2.82. The first-order valence-corrected chi connectivity index (χ1v) is 7.34. The fourth-order valence-corrected chi connectivity index (χ4v) is 3.25. The molecule has 3 nitrogen and oxygen atoms in total. The van der Waals surface area contributed by atoms with E-state index in [1.165, 1.54) is 45.3 Å². The molecule has 0 aromatic heterocycles. The number of nitrogens with zero attached hydrogens (tertiary/aromatic N) is 2. The van der Waals surface area contributed by atoms with Gasteiger partial charge in [0.2, 0.25) is 5.91 Å². The lowest BCUT2D eigenvalue weighted by Crippen LogP contribution is -2.41. The van der Waals surface area contributed by atoms with Crippen molar-refractivity contribution in [2.75, 3.05) is 32.7 Å². The van der Waals surface area contributed by atoms with E-state index < -0.39 is 0 Å². The van der Waals surface area contributed by atoms with E-state index in [4.69, 9.17) is 0 Å². The SMILES string of the molecule is O=C(C1CC1)N1CCC(CN2CCCC2)CC1. The second-order valence-corrected chi connectivity index (χ2v) is 6.05. The van der Waals surface area contributed by atoms with Crippen LogP contribution >= 0.6 is 0 Å². The van der Waals surface area contributed by atoms with Crippen LogP contribution < -0.4 is 0 Å². The molecule has 3 fully saturated rings. The molecule has 1 amide bonds. The molecule has 2 saturated heterocycles. The Labute approximate surface area is 104 Å². The number of piperidine rings is 1. The van der Waals surface area contributed by atoms with Crippen LogP contribution in [0, 0.1) is 11.8 Å². The maximum absolute atomic E-state index is 11.9. The molecule has 0 aromatic rings. The molecule has 3 rings (SSSR count). The smallest absolute Gasteiger partial charge is 0.225 e. The second kappa shape index (κ2) is 4.97. The standard InChI is InChI=1S/C14H24N2O/c17-14(13-3-4-13)16-9-5-12(6-10-16)11-15-7-1-2-8-15/h12-13H,1-11H2. The predicted molar refractivity (Wildman–Crippen MR) is 67.7 cm³/mol. The van der Waals surface area contributed by atoms with Crippen LogP contribution in [0.1, 0.15) is 38.5 Å². The van der Waals surface area contributed by atoms with Gasteiger partial charge in [-0.15, -0.1) is 0 Å². The summed E-state index contributed by atoms with van der Waals surface area (Å²) in [5.41, 5.74) is 0. The van der Waals surface area contributed by atoms with Gasteiger partial charge in [-0.3, -0.25) is 4.79 Å². The van der Waals surface area contributed by atoms with Gasteiger partial charge in [0, 0.05) is 25.6 Å². The molecular formula is C14H24N2O. The van der Waals surface area contributed by atoms with Crippen LogP contribution in [0.25, 0.3) is 0 Å². The van der Waals surface area contributed by atoms with Crippen molar-refractivity contribution < 1.29 is 4.79 Å². The van der Waals surface area contributed by atoms with Gasteiger partial charge in [0.25, 0.3) is 0 Å². The summed E-state index contributed by atoms with van der Waals surface area (Å²) in [7, 11) is 0. The minimum atomic E-state index is 0.408. The maximum atomic E-state index is 11.9. The number of hydrogen-bond donors (Lipinski definition) is 0. The number of rotatable bonds is 3. The summed E-state index contributed by atoms with van der Waals surface area (Å²) in [6.45, 7) is 5.94. The number of likely N-dealkylation sites (tertiary alicyclic amines) is 2. The summed E-state index contributed by atoms with van der Waals surface area (Å²) in [4.78, 5) is 16.7. The van der Waals surface area contributed by atoms with Crippen LogP contribution in [-0.4, -0.2) is 48.4 Å². The van der Waals surface area contributed by atoms with Gasteiger partial charge in [-0.2, -0.15) is 0 Å². The molecule has 0 radical (unpaired) electrons. The van der Waals surface area contributed by atoms with Crippen LogP contribution in [0.3, 0.4) is 0 Å². The summed E-state index contributed by atoms with van der Waals surface area (Å²) in [6.07, 6.45) is 7.53. The van der Waals surface area contributed by atoms with Crippen molar-refractivity contribution in [1.82, 2.24) is 9.80 Å². The van der Waals surface area contributed by atoms with E-state index in [0.717, 1.165) is 31.8 Å². The van der Waals surface area contributed by atoms with E-state index in [9.17, 15) is 4.79 Å². The van der Waals surface area contributed by atoms with Gasteiger partial charge in [0.15, 0.2) is 0 Å². The number of amides is 1. The van der Waals surface area contributed by atoms with Gasteiger partial charge in [0.05, 0.1) is 0 Å². The quantitative estimate of drug-likeness (QED) is 0.745. The van der Waals surface area contributed by atoms with Crippen molar-refractivity contribution >= 4 is 5.91 Å². The highest BCUT2D eigenvalue weighted by molar-refractivity contribution is 5.81. The van der Waals surface area contributed by atoms with Gasteiger partial charge in [-0.25, -0.2) is 0 Å². The molecule has 1 saturated carbocycles. The Morgan fingerprint density at radius 3 is 2.18 bits per heavy atom. The lowest BCUT2D eigenvalue weighted by atomic mass is 9.96. The molecule has 17 heavy (non-hydrogen) atoms. The average Bonchev–Trinajstić information content (AvgIpc) is 3.09. The Bertz CT molecular complexity index is 274. The van der Waals surface area contributed by atoms with Crippen molar-refractivity contribution in [2.45, 2.75) is 38.5 Å². The minimum Gasteiger partial charge on any atom is -0.342 e. The van der Waals surface area contributed by atoms with Crippen molar-refractivity contribution in [1.29, 1.82) is 0 Å².